The second-order valence-corrected chi connectivity index (χ2v) is 12.5. The van der Waals surface area contributed by atoms with Crippen LogP contribution in [0.1, 0.15) is 25.0 Å². The lowest BCUT2D eigenvalue weighted by Gasteiger charge is -2.31. The van der Waals surface area contributed by atoms with Crippen molar-refractivity contribution in [2.45, 2.75) is 19.3 Å². The molecular weight excluding hydrogens is 555 g/mol. The molecule has 0 fully saturated rings. The fourth-order valence-electron chi connectivity index (χ4n) is 7.27. The SMILES string of the molecule is CC1(C)c2ccccc2-c2ccc(N(c3ccccc3)c3cccc(-c4ccccc4)c3-c3ccccc3-c3ccccc3)cc21. The molecule has 46 heavy (non-hydrogen) atoms. The number of rotatable bonds is 6. The molecule has 0 saturated carbocycles. The van der Waals surface area contributed by atoms with Crippen LogP contribution in [0.2, 0.25) is 0 Å². The number of anilines is 3. The third-order valence-electron chi connectivity index (χ3n) is 9.49. The summed E-state index contributed by atoms with van der Waals surface area (Å²) in [5.41, 5.74) is 16.0. The highest BCUT2D eigenvalue weighted by Crippen LogP contribution is 2.52. The second kappa shape index (κ2) is 11.4. The molecule has 0 N–H and O–H groups in total. The summed E-state index contributed by atoms with van der Waals surface area (Å²) in [4.78, 5) is 2.45. The summed E-state index contributed by atoms with van der Waals surface area (Å²) in [6.45, 7) is 4.71. The fraction of sp³-hybridized carbons (Fsp3) is 0.0667. The minimum atomic E-state index is -0.0983. The van der Waals surface area contributed by atoms with Crippen molar-refractivity contribution < 1.29 is 0 Å². The molecule has 1 nitrogen and oxygen atoms in total. The van der Waals surface area contributed by atoms with Crippen LogP contribution in [-0.2, 0) is 5.41 Å². The monoisotopic (exact) mass is 589 g/mol. The molecule has 0 radical (unpaired) electrons. The predicted octanol–water partition coefficient (Wildman–Crippen LogP) is 12.5. The van der Waals surface area contributed by atoms with Gasteiger partial charge in [0.1, 0.15) is 0 Å². The van der Waals surface area contributed by atoms with Gasteiger partial charge in [0.15, 0.2) is 0 Å². The Morgan fingerprint density at radius 1 is 0.370 bits per heavy atom. The van der Waals surface area contributed by atoms with Crippen LogP contribution in [0.25, 0.3) is 44.5 Å². The second-order valence-electron chi connectivity index (χ2n) is 12.5. The molecule has 1 heteroatoms. The normalized spacial score (nSPS) is 12.7. The zero-order valence-electron chi connectivity index (χ0n) is 26.2. The Bertz CT molecular complexity index is 2160. The average Bonchev–Trinajstić information content (AvgIpc) is 3.35. The molecule has 1 aliphatic carbocycles. The van der Waals surface area contributed by atoms with Crippen LogP contribution in [0, 0.1) is 0 Å². The van der Waals surface area contributed by atoms with Gasteiger partial charge in [0.05, 0.1) is 5.69 Å². The van der Waals surface area contributed by atoms with Gasteiger partial charge in [0, 0.05) is 22.4 Å². The van der Waals surface area contributed by atoms with Crippen molar-refractivity contribution in [1.29, 1.82) is 0 Å². The van der Waals surface area contributed by atoms with Crippen molar-refractivity contribution in [3.05, 3.63) is 187 Å². The molecule has 0 aliphatic heterocycles. The largest absolute Gasteiger partial charge is 0.310 e. The van der Waals surface area contributed by atoms with Gasteiger partial charge in [0.2, 0.25) is 0 Å². The van der Waals surface area contributed by atoms with Gasteiger partial charge in [-0.05, 0) is 80.4 Å². The van der Waals surface area contributed by atoms with Gasteiger partial charge < -0.3 is 4.90 Å². The van der Waals surface area contributed by atoms with Crippen molar-refractivity contribution >= 4 is 17.1 Å². The maximum Gasteiger partial charge on any atom is 0.0546 e. The molecule has 0 bridgehead atoms. The Hall–Kier alpha value is -5.66. The summed E-state index contributed by atoms with van der Waals surface area (Å²) in [7, 11) is 0. The van der Waals surface area contributed by atoms with Gasteiger partial charge in [-0.15, -0.1) is 0 Å². The fourth-order valence-corrected chi connectivity index (χ4v) is 7.27. The molecule has 0 amide bonds. The standard InChI is InChI=1S/C45H35N/c1-45(2)41-27-15-14-24-38(41)39-30-29-35(31-42(39)45)46(34-21-10-5-11-22-34)43-28-16-26-37(33-19-8-4-9-20-33)44(43)40-25-13-12-23-36(40)32-17-6-3-7-18-32/h3-31H,1-2H3. The number of para-hydroxylation sites is 1. The predicted molar refractivity (Wildman–Crippen MR) is 195 cm³/mol. The number of benzene rings is 7. The highest BCUT2D eigenvalue weighted by Gasteiger charge is 2.36. The summed E-state index contributed by atoms with van der Waals surface area (Å²) in [5, 5.41) is 0. The molecule has 1 aliphatic rings. The van der Waals surface area contributed by atoms with Gasteiger partial charge in [-0.3, -0.25) is 0 Å². The molecular formula is C45H35N. The minimum Gasteiger partial charge on any atom is -0.310 e. The third-order valence-corrected chi connectivity index (χ3v) is 9.49. The molecule has 8 rings (SSSR count). The molecule has 7 aromatic rings. The Balaban J connectivity index is 1.42. The van der Waals surface area contributed by atoms with E-state index in [1.54, 1.807) is 0 Å². The van der Waals surface area contributed by atoms with E-state index in [0.717, 1.165) is 17.1 Å². The molecule has 7 aromatic carbocycles. The van der Waals surface area contributed by atoms with Crippen LogP contribution in [0.15, 0.2) is 176 Å². The molecule has 0 unspecified atom stereocenters. The maximum absolute atomic E-state index is 2.45. The smallest absolute Gasteiger partial charge is 0.0546 e. The van der Waals surface area contributed by atoms with Crippen molar-refractivity contribution in [2.24, 2.45) is 0 Å². The van der Waals surface area contributed by atoms with Gasteiger partial charge in [-0.1, -0.05) is 159 Å². The van der Waals surface area contributed by atoms with Crippen molar-refractivity contribution in [3.8, 4) is 44.5 Å². The Kier molecular flexibility index (Phi) is 6.88. The summed E-state index contributed by atoms with van der Waals surface area (Å²) in [5.74, 6) is 0. The van der Waals surface area contributed by atoms with Crippen LogP contribution < -0.4 is 4.90 Å². The molecule has 0 aromatic heterocycles. The van der Waals surface area contributed by atoms with E-state index in [0.29, 0.717) is 0 Å². The number of fused-ring (bicyclic) bond motifs is 3. The first kappa shape index (κ1) is 27.9. The summed E-state index contributed by atoms with van der Waals surface area (Å²) in [6, 6.07) is 63.8. The Morgan fingerprint density at radius 3 is 1.59 bits per heavy atom. The quantitative estimate of drug-likeness (QED) is 0.186. The minimum absolute atomic E-state index is 0.0983. The van der Waals surface area contributed by atoms with E-state index in [1.165, 1.54) is 55.6 Å². The molecule has 0 spiro atoms. The number of hydrogen-bond donors (Lipinski definition) is 0. The van der Waals surface area contributed by atoms with Crippen molar-refractivity contribution in [3.63, 3.8) is 0 Å². The van der Waals surface area contributed by atoms with E-state index in [1.807, 2.05) is 0 Å². The van der Waals surface area contributed by atoms with Crippen LogP contribution in [0.5, 0.6) is 0 Å². The summed E-state index contributed by atoms with van der Waals surface area (Å²) < 4.78 is 0. The average molecular weight is 590 g/mol. The first-order valence-corrected chi connectivity index (χ1v) is 16.0. The van der Waals surface area contributed by atoms with E-state index >= 15 is 0 Å². The van der Waals surface area contributed by atoms with Crippen LogP contribution >= 0.6 is 0 Å². The highest BCUT2D eigenvalue weighted by atomic mass is 15.1. The van der Waals surface area contributed by atoms with E-state index in [4.69, 9.17) is 0 Å². The van der Waals surface area contributed by atoms with E-state index in [9.17, 15) is 0 Å². The summed E-state index contributed by atoms with van der Waals surface area (Å²) in [6.07, 6.45) is 0. The van der Waals surface area contributed by atoms with Gasteiger partial charge in [-0.2, -0.15) is 0 Å². The van der Waals surface area contributed by atoms with Gasteiger partial charge in [0.25, 0.3) is 0 Å². The Labute approximate surface area is 272 Å². The topological polar surface area (TPSA) is 3.24 Å². The first-order chi connectivity index (χ1) is 22.6. The lowest BCUT2D eigenvalue weighted by Crippen LogP contribution is -2.17. The molecule has 0 heterocycles. The molecule has 0 atom stereocenters. The van der Waals surface area contributed by atoms with Gasteiger partial charge in [-0.25, -0.2) is 0 Å². The van der Waals surface area contributed by atoms with Crippen molar-refractivity contribution in [2.75, 3.05) is 4.90 Å². The van der Waals surface area contributed by atoms with E-state index in [-0.39, 0.29) is 5.41 Å². The van der Waals surface area contributed by atoms with Crippen LogP contribution in [0.3, 0.4) is 0 Å². The maximum atomic E-state index is 2.45. The highest BCUT2D eigenvalue weighted by molar-refractivity contribution is 6.01. The molecule has 220 valence electrons. The Morgan fingerprint density at radius 2 is 0.891 bits per heavy atom. The third kappa shape index (κ3) is 4.64. The number of hydrogen-bond acceptors (Lipinski definition) is 1. The first-order valence-electron chi connectivity index (χ1n) is 16.0. The lowest BCUT2D eigenvalue weighted by atomic mass is 9.82. The summed E-state index contributed by atoms with van der Waals surface area (Å²) >= 11 is 0. The lowest BCUT2D eigenvalue weighted by molar-refractivity contribution is 0.660. The van der Waals surface area contributed by atoms with Crippen LogP contribution in [0.4, 0.5) is 17.1 Å². The van der Waals surface area contributed by atoms with Crippen molar-refractivity contribution in [1.82, 2.24) is 0 Å². The number of nitrogens with zero attached hydrogens (tertiary/aromatic N) is 1. The van der Waals surface area contributed by atoms with Gasteiger partial charge >= 0.3 is 0 Å². The zero-order chi connectivity index (χ0) is 31.1. The van der Waals surface area contributed by atoms with Crippen LogP contribution in [-0.4, -0.2) is 0 Å². The zero-order valence-corrected chi connectivity index (χ0v) is 26.2. The van der Waals surface area contributed by atoms with E-state index < -0.39 is 0 Å². The molecule has 0 saturated heterocycles. The van der Waals surface area contributed by atoms with E-state index in [2.05, 4.69) is 195 Å².